The summed E-state index contributed by atoms with van der Waals surface area (Å²) in [5, 5.41) is 0. The van der Waals surface area contributed by atoms with E-state index in [0.717, 1.165) is 12.8 Å². The predicted molar refractivity (Wildman–Crippen MR) is 91.1 cm³/mol. The van der Waals surface area contributed by atoms with Crippen molar-refractivity contribution >= 4 is 5.97 Å². The van der Waals surface area contributed by atoms with Crippen LogP contribution in [-0.4, -0.2) is 12.6 Å². The van der Waals surface area contributed by atoms with Crippen molar-refractivity contribution in [1.82, 2.24) is 0 Å². The van der Waals surface area contributed by atoms with Gasteiger partial charge in [0.2, 0.25) is 0 Å². The minimum Gasteiger partial charge on any atom is -0.466 e. The standard InChI is InChI=1S/C20H30O2/c1-5-22-19(21)14-15-7-6-8-17(13-15)16-9-11-18(12-10-16)20(2,3)4/h9-12,15,17H,5-8,13-14H2,1-4H3. The number of hydrogen-bond acceptors (Lipinski definition) is 2. The van der Waals surface area contributed by atoms with E-state index in [0.29, 0.717) is 24.9 Å². The largest absolute Gasteiger partial charge is 0.466 e. The summed E-state index contributed by atoms with van der Waals surface area (Å²) in [6.07, 6.45) is 5.33. The zero-order valence-electron chi connectivity index (χ0n) is 14.5. The first kappa shape index (κ1) is 17.1. The molecule has 2 unspecified atom stereocenters. The molecule has 0 amide bonds. The number of benzene rings is 1. The van der Waals surface area contributed by atoms with Crippen LogP contribution in [0.1, 0.15) is 76.8 Å². The summed E-state index contributed by atoms with van der Waals surface area (Å²) < 4.78 is 5.10. The highest BCUT2D eigenvalue weighted by Crippen LogP contribution is 2.38. The molecule has 2 nitrogen and oxygen atoms in total. The summed E-state index contributed by atoms with van der Waals surface area (Å²) in [6.45, 7) is 9.11. The molecular formula is C20H30O2. The second-order valence-corrected chi connectivity index (χ2v) is 7.61. The molecule has 122 valence electrons. The number of hydrogen-bond donors (Lipinski definition) is 0. The highest BCUT2D eigenvalue weighted by atomic mass is 16.5. The van der Waals surface area contributed by atoms with Crippen LogP contribution in [0.4, 0.5) is 0 Å². The fourth-order valence-electron chi connectivity index (χ4n) is 3.49. The van der Waals surface area contributed by atoms with Crippen LogP contribution < -0.4 is 0 Å². The van der Waals surface area contributed by atoms with Gasteiger partial charge < -0.3 is 4.74 Å². The van der Waals surface area contributed by atoms with Gasteiger partial charge >= 0.3 is 5.97 Å². The van der Waals surface area contributed by atoms with Crippen LogP contribution in [-0.2, 0) is 14.9 Å². The highest BCUT2D eigenvalue weighted by Gasteiger charge is 2.25. The Balaban J connectivity index is 1.98. The number of carbonyl (C=O) groups excluding carboxylic acids is 1. The van der Waals surface area contributed by atoms with Gasteiger partial charge in [-0.3, -0.25) is 4.79 Å². The summed E-state index contributed by atoms with van der Waals surface area (Å²) in [6, 6.07) is 9.12. The molecule has 1 fully saturated rings. The number of esters is 1. The van der Waals surface area contributed by atoms with Crippen molar-refractivity contribution in [2.24, 2.45) is 5.92 Å². The van der Waals surface area contributed by atoms with Crippen LogP contribution in [0.2, 0.25) is 0 Å². The molecule has 1 saturated carbocycles. The van der Waals surface area contributed by atoms with Crippen LogP contribution in [0.15, 0.2) is 24.3 Å². The lowest BCUT2D eigenvalue weighted by atomic mass is 9.76. The predicted octanol–water partition coefficient (Wildman–Crippen LogP) is 5.21. The van der Waals surface area contributed by atoms with Crippen molar-refractivity contribution in [1.29, 1.82) is 0 Å². The van der Waals surface area contributed by atoms with E-state index in [1.165, 1.54) is 24.0 Å². The van der Waals surface area contributed by atoms with Crippen molar-refractivity contribution in [3.8, 4) is 0 Å². The molecule has 2 atom stereocenters. The van der Waals surface area contributed by atoms with Crippen LogP contribution in [0, 0.1) is 5.92 Å². The van der Waals surface area contributed by atoms with Crippen LogP contribution in [0.3, 0.4) is 0 Å². The number of rotatable bonds is 4. The van der Waals surface area contributed by atoms with Gasteiger partial charge in [0.05, 0.1) is 6.61 Å². The van der Waals surface area contributed by atoms with E-state index in [4.69, 9.17) is 4.74 Å². The Morgan fingerprint density at radius 1 is 1.18 bits per heavy atom. The van der Waals surface area contributed by atoms with Gasteiger partial charge in [0.1, 0.15) is 0 Å². The first-order chi connectivity index (χ1) is 10.4. The first-order valence-corrected chi connectivity index (χ1v) is 8.66. The Morgan fingerprint density at radius 2 is 1.86 bits per heavy atom. The van der Waals surface area contributed by atoms with Gasteiger partial charge in [0.25, 0.3) is 0 Å². The van der Waals surface area contributed by atoms with Gasteiger partial charge in [0, 0.05) is 6.42 Å². The lowest BCUT2D eigenvalue weighted by Gasteiger charge is -2.29. The summed E-state index contributed by atoms with van der Waals surface area (Å²) >= 11 is 0. The molecule has 1 aliphatic carbocycles. The normalized spacial score (nSPS) is 22.4. The Bertz CT molecular complexity index is 481. The van der Waals surface area contributed by atoms with Crippen LogP contribution in [0.25, 0.3) is 0 Å². The van der Waals surface area contributed by atoms with Gasteiger partial charge in [-0.15, -0.1) is 0 Å². The van der Waals surface area contributed by atoms with Gasteiger partial charge in [0.15, 0.2) is 0 Å². The highest BCUT2D eigenvalue weighted by molar-refractivity contribution is 5.69. The van der Waals surface area contributed by atoms with Gasteiger partial charge in [-0.2, -0.15) is 0 Å². The van der Waals surface area contributed by atoms with E-state index in [1.54, 1.807) is 0 Å². The topological polar surface area (TPSA) is 26.3 Å². The molecule has 0 spiro atoms. The SMILES string of the molecule is CCOC(=O)CC1CCCC(c2ccc(C(C)(C)C)cc2)C1. The average molecular weight is 302 g/mol. The molecule has 1 aromatic carbocycles. The van der Waals surface area contributed by atoms with E-state index in [9.17, 15) is 4.79 Å². The molecule has 1 aliphatic rings. The Hall–Kier alpha value is -1.31. The van der Waals surface area contributed by atoms with Gasteiger partial charge in [-0.25, -0.2) is 0 Å². The van der Waals surface area contributed by atoms with E-state index in [-0.39, 0.29) is 11.4 Å². The van der Waals surface area contributed by atoms with Crippen LogP contribution in [0.5, 0.6) is 0 Å². The summed E-state index contributed by atoms with van der Waals surface area (Å²) in [5.74, 6) is 1.05. The molecule has 0 N–H and O–H groups in total. The minimum absolute atomic E-state index is 0.0313. The lowest BCUT2D eigenvalue weighted by molar-refractivity contribution is -0.144. The van der Waals surface area contributed by atoms with Crippen molar-refractivity contribution in [2.75, 3.05) is 6.61 Å². The average Bonchev–Trinajstić information content (AvgIpc) is 2.47. The van der Waals surface area contributed by atoms with E-state index < -0.39 is 0 Å². The maximum absolute atomic E-state index is 11.7. The third-order valence-electron chi connectivity index (χ3n) is 4.79. The molecule has 2 heteroatoms. The molecule has 2 rings (SSSR count). The lowest BCUT2D eigenvalue weighted by Crippen LogP contribution is -2.19. The maximum Gasteiger partial charge on any atom is 0.306 e. The van der Waals surface area contributed by atoms with E-state index in [1.807, 2.05) is 6.92 Å². The number of ether oxygens (including phenoxy) is 1. The zero-order valence-corrected chi connectivity index (χ0v) is 14.5. The quantitative estimate of drug-likeness (QED) is 0.714. The minimum atomic E-state index is -0.0313. The van der Waals surface area contributed by atoms with Crippen molar-refractivity contribution in [3.63, 3.8) is 0 Å². The fraction of sp³-hybridized carbons (Fsp3) is 0.650. The summed E-state index contributed by atoms with van der Waals surface area (Å²) in [7, 11) is 0. The van der Waals surface area contributed by atoms with Crippen molar-refractivity contribution in [2.45, 2.75) is 71.1 Å². The Labute approximate surface area is 135 Å². The third-order valence-corrected chi connectivity index (χ3v) is 4.79. The van der Waals surface area contributed by atoms with Gasteiger partial charge in [-0.1, -0.05) is 51.5 Å². The summed E-state index contributed by atoms with van der Waals surface area (Å²) in [4.78, 5) is 11.7. The van der Waals surface area contributed by atoms with Gasteiger partial charge in [-0.05, 0) is 54.6 Å². The number of carbonyl (C=O) groups is 1. The Kier molecular flexibility index (Phi) is 5.66. The molecule has 0 aromatic heterocycles. The monoisotopic (exact) mass is 302 g/mol. The molecule has 0 aliphatic heterocycles. The maximum atomic E-state index is 11.7. The molecule has 1 aromatic rings. The molecule has 0 bridgehead atoms. The first-order valence-electron chi connectivity index (χ1n) is 8.66. The third kappa shape index (κ3) is 4.59. The van der Waals surface area contributed by atoms with E-state index in [2.05, 4.69) is 45.0 Å². The second-order valence-electron chi connectivity index (χ2n) is 7.61. The molecular weight excluding hydrogens is 272 g/mol. The van der Waals surface area contributed by atoms with Crippen molar-refractivity contribution < 1.29 is 9.53 Å². The molecule has 0 heterocycles. The molecule has 22 heavy (non-hydrogen) atoms. The summed E-state index contributed by atoms with van der Waals surface area (Å²) in [5.41, 5.74) is 3.02. The van der Waals surface area contributed by atoms with Crippen LogP contribution >= 0.6 is 0 Å². The van der Waals surface area contributed by atoms with Crippen molar-refractivity contribution in [3.05, 3.63) is 35.4 Å². The molecule has 0 radical (unpaired) electrons. The zero-order chi connectivity index (χ0) is 16.2. The van der Waals surface area contributed by atoms with E-state index >= 15 is 0 Å². The smallest absolute Gasteiger partial charge is 0.306 e. The fourth-order valence-corrected chi connectivity index (χ4v) is 3.49. The molecule has 0 saturated heterocycles. The second kappa shape index (κ2) is 7.30. The Morgan fingerprint density at radius 3 is 2.45 bits per heavy atom.